The first-order valence-electron chi connectivity index (χ1n) is 11.9. The smallest absolute Gasteiger partial charge is 0.244 e. The molecule has 0 aromatic heterocycles. The summed E-state index contributed by atoms with van der Waals surface area (Å²) in [6.45, 7) is 0.806. The highest BCUT2D eigenvalue weighted by Gasteiger charge is 2.32. The second kappa shape index (κ2) is 13.3. The van der Waals surface area contributed by atoms with E-state index in [2.05, 4.69) is 5.32 Å². The first kappa shape index (κ1) is 31.1. The van der Waals surface area contributed by atoms with Gasteiger partial charge in [0.2, 0.25) is 21.8 Å². The van der Waals surface area contributed by atoms with E-state index in [1.165, 1.54) is 17.0 Å². The van der Waals surface area contributed by atoms with Crippen molar-refractivity contribution < 1.29 is 18.0 Å². The summed E-state index contributed by atoms with van der Waals surface area (Å²) in [5.41, 5.74) is 0.409. The van der Waals surface area contributed by atoms with E-state index >= 15 is 0 Å². The number of nitrogens with zero attached hydrogens (tertiary/aromatic N) is 2. The number of carbonyl (C=O) groups is 2. The van der Waals surface area contributed by atoms with Crippen LogP contribution in [0.15, 0.2) is 30.3 Å². The monoisotopic (exact) mass is 641 g/mol. The molecule has 2 aromatic rings. The second-order valence-electron chi connectivity index (χ2n) is 9.23. The molecule has 13 heteroatoms. The van der Waals surface area contributed by atoms with Crippen molar-refractivity contribution in [2.24, 2.45) is 0 Å². The van der Waals surface area contributed by atoms with Crippen molar-refractivity contribution in [2.75, 3.05) is 17.1 Å². The molecule has 3 rings (SSSR count). The average Bonchev–Trinajstić information content (AvgIpc) is 2.84. The minimum Gasteiger partial charge on any atom is -0.352 e. The Morgan fingerprint density at radius 3 is 2.11 bits per heavy atom. The number of amides is 2. The van der Waals surface area contributed by atoms with Crippen molar-refractivity contribution in [3.8, 4) is 0 Å². The summed E-state index contributed by atoms with van der Waals surface area (Å²) in [7, 11) is -4.01. The van der Waals surface area contributed by atoms with Crippen LogP contribution in [0.2, 0.25) is 25.1 Å². The van der Waals surface area contributed by atoms with Gasteiger partial charge in [-0.05, 0) is 44.0 Å². The van der Waals surface area contributed by atoms with Gasteiger partial charge in [0.1, 0.15) is 12.6 Å². The maximum atomic E-state index is 13.8. The zero-order chi connectivity index (χ0) is 28.2. The Hall–Kier alpha value is -1.42. The van der Waals surface area contributed by atoms with E-state index in [1.807, 2.05) is 0 Å². The number of benzene rings is 2. The summed E-state index contributed by atoms with van der Waals surface area (Å²) >= 11 is 31.2. The minimum absolute atomic E-state index is 0.0126. The van der Waals surface area contributed by atoms with E-state index in [4.69, 9.17) is 58.0 Å². The van der Waals surface area contributed by atoms with Gasteiger partial charge in [-0.15, -0.1) is 0 Å². The largest absolute Gasteiger partial charge is 0.352 e. The average molecular weight is 644 g/mol. The quantitative estimate of drug-likeness (QED) is 0.313. The zero-order valence-corrected chi connectivity index (χ0v) is 25.4. The molecule has 7 nitrogen and oxygen atoms in total. The van der Waals surface area contributed by atoms with Crippen LogP contribution in [0.5, 0.6) is 0 Å². The van der Waals surface area contributed by atoms with Crippen molar-refractivity contribution in [3.05, 3.63) is 61.0 Å². The summed E-state index contributed by atoms with van der Waals surface area (Å²) in [4.78, 5) is 28.3. The van der Waals surface area contributed by atoms with Crippen LogP contribution in [-0.2, 0) is 26.2 Å². The van der Waals surface area contributed by atoms with Crippen molar-refractivity contribution in [2.45, 2.75) is 57.7 Å². The molecule has 208 valence electrons. The van der Waals surface area contributed by atoms with Crippen LogP contribution in [0.3, 0.4) is 0 Å². The highest BCUT2D eigenvalue weighted by molar-refractivity contribution is 7.92. The lowest BCUT2D eigenvalue weighted by molar-refractivity contribution is -0.139. The summed E-state index contributed by atoms with van der Waals surface area (Å²) in [5, 5.41) is 3.82. The number of hydrogen-bond donors (Lipinski definition) is 1. The first-order valence-corrected chi connectivity index (χ1v) is 15.7. The van der Waals surface area contributed by atoms with Crippen LogP contribution in [0, 0.1) is 0 Å². The third kappa shape index (κ3) is 7.83. The Morgan fingerprint density at radius 2 is 1.53 bits per heavy atom. The van der Waals surface area contributed by atoms with E-state index in [9.17, 15) is 18.0 Å². The molecule has 0 heterocycles. The lowest BCUT2D eigenvalue weighted by atomic mass is 9.95. The van der Waals surface area contributed by atoms with Gasteiger partial charge in [0.25, 0.3) is 0 Å². The molecule has 0 radical (unpaired) electrons. The summed E-state index contributed by atoms with van der Waals surface area (Å²) in [6, 6.07) is 6.54. The van der Waals surface area contributed by atoms with Gasteiger partial charge < -0.3 is 10.2 Å². The maximum absolute atomic E-state index is 13.8. The Kier molecular flexibility index (Phi) is 10.9. The predicted molar refractivity (Wildman–Crippen MR) is 155 cm³/mol. The number of rotatable bonds is 9. The lowest BCUT2D eigenvalue weighted by Gasteiger charge is -2.33. The second-order valence-corrected chi connectivity index (χ2v) is 13.2. The zero-order valence-electron chi connectivity index (χ0n) is 20.8. The van der Waals surface area contributed by atoms with Crippen LogP contribution < -0.4 is 9.62 Å². The van der Waals surface area contributed by atoms with Gasteiger partial charge in [0.05, 0.1) is 27.0 Å². The molecule has 1 aliphatic carbocycles. The number of carbonyl (C=O) groups excluding carboxylic acids is 2. The van der Waals surface area contributed by atoms with Crippen LogP contribution in [0.4, 0.5) is 5.69 Å². The van der Waals surface area contributed by atoms with Crippen LogP contribution in [0.1, 0.15) is 44.6 Å². The van der Waals surface area contributed by atoms with Crippen molar-refractivity contribution in [1.29, 1.82) is 0 Å². The molecule has 1 aliphatic rings. The van der Waals surface area contributed by atoms with E-state index in [-0.39, 0.29) is 39.2 Å². The number of anilines is 1. The first-order chi connectivity index (χ1) is 17.8. The van der Waals surface area contributed by atoms with Gasteiger partial charge in [-0.3, -0.25) is 13.9 Å². The molecule has 2 aromatic carbocycles. The highest BCUT2D eigenvalue weighted by atomic mass is 35.5. The molecule has 0 bridgehead atoms. The van der Waals surface area contributed by atoms with E-state index in [1.54, 1.807) is 25.1 Å². The molecule has 1 saturated carbocycles. The predicted octanol–water partition coefficient (Wildman–Crippen LogP) is 6.59. The van der Waals surface area contributed by atoms with E-state index in [0.29, 0.717) is 15.6 Å². The number of nitrogens with one attached hydrogen (secondary N) is 1. The fraction of sp³-hybridized carbons (Fsp3) is 0.440. The summed E-state index contributed by atoms with van der Waals surface area (Å²) in [5.74, 6) is -1.02. The molecule has 1 N–H and O–H groups in total. The van der Waals surface area contributed by atoms with Gasteiger partial charge in [0.15, 0.2) is 0 Å². The van der Waals surface area contributed by atoms with Gasteiger partial charge >= 0.3 is 0 Å². The molecule has 38 heavy (non-hydrogen) atoms. The normalized spacial score (nSPS) is 15.1. The number of hydrogen-bond acceptors (Lipinski definition) is 4. The van der Waals surface area contributed by atoms with Gasteiger partial charge in [-0.25, -0.2) is 8.42 Å². The minimum atomic E-state index is -4.01. The molecule has 0 aliphatic heterocycles. The molecular formula is C25H28Cl5N3O4S. The Morgan fingerprint density at radius 1 is 0.947 bits per heavy atom. The molecule has 1 fully saturated rings. The molecule has 2 amide bonds. The fourth-order valence-electron chi connectivity index (χ4n) is 4.30. The fourth-order valence-corrected chi connectivity index (χ4v) is 6.37. The topological polar surface area (TPSA) is 86.8 Å². The van der Waals surface area contributed by atoms with Crippen molar-refractivity contribution in [3.63, 3.8) is 0 Å². The molecular weight excluding hydrogens is 616 g/mol. The van der Waals surface area contributed by atoms with E-state index < -0.39 is 28.5 Å². The van der Waals surface area contributed by atoms with Gasteiger partial charge in [-0.2, -0.15) is 0 Å². The van der Waals surface area contributed by atoms with Crippen LogP contribution in [0.25, 0.3) is 0 Å². The Bertz CT molecular complexity index is 1280. The molecule has 1 atom stereocenters. The molecule has 0 spiro atoms. The van der Waals surface area contributed by atoms with Crippen LogP contribution >= 0.6 is 58.0 Å². The lowest BCUT2D eigenvalue weighted by Crippen LogP contribution is -2.53. The van der Waals surface area contributed by atoms with Crippen LogP contribution in [-0.4, -0.2) is 50.0 Å². The maximum Gasteiger partial charge on any atom is 0.244 e. The molecule has 0 unspecified atom stereocenters. The summed E-state index contributed by atoms with van der Waals surface area (Å²) in [6.07, 6.45) is 5.82. The number of sulfonamides is 1. The Balaban J connectivity index is 1.96. The van der Waals surface area contributed by atoms with E-state index in [0.717, 1.165) is 42.7 Å². The highest BCUT2D eigenvalue weighted by Crippen LogP contribution is 2.36. The Labute approximate surface area is 248 Å². The van der Waals surface area contributed by atoms with Crippen molar-refractivity contribution >= 4 is 85.5 Å². The standard InChI is InChI=1S/C25H28Cl5N3O4S/c1-15(25(35)31-16-7-4-3-5-8-16)32(13-17-18(26)9-6-10-19(17)27)24(34)14-33(38(2,36)37)23-12-21(29)20(28)11-22(23)30/h6,9-12,15-16H,3-5,7-8,13-14H2,1-2H3,(H,31,35)/t15-/m1/s1. The SMILES string of the molecule is C[C@H](C(=O)NC1CCCCC1)N(Cc1c(Cl)cccc1Cl)C(=O)CN(c1cc(Cl)c(Cl)cc1Cl)S(C)(=O)=O. The van der Waals surface area contributed by atoms with Crippen molar-refractivity contribution in [1.82, 2.24) is 10.2 Å². The summed E-state index contributed by atoms with van der Waals surface area (Å²) < 4.78 is 26.4. The third-order valence-corrected chi connectivity index (χ3v) is 9.31. The van der Waals surface area contributed by atoms with Gasteiger partial charge in [-0.1, -0.05) is 83.3 Å². The number of halogens is 5. The molecule has 0 saturated heterocycles. The van der Waals surface area contributed by atoms with Gasteiger partial charge in [0, 0.05) is 28.2 Å². The third-order valence-electron chi connectivity index (χ3n) is 6.45.